The molecule has 2 nitrogen and oxygen atoms in total. The molecule has 1 aromatic rings. The largest absolute Gasteiger partial charge is 0.390 e. The Morgan fingerprint density at radius 2 is 1.72 bits per heavy atom. The maximum absolute atomic E-state index is 10.2. The van der Waals surface area contributed by atoms with Crippen LogP contribution in [0.15, 0.2) is 24.3 Å². The third-order valence-electron chi connectivity index (χ3n) is 3.12. The average Bonchev–Trinajstić information content (AvgIpc) is 2.25. The monoisotopic (exact) mass is 250 g/mol. The van der Waals surface area contributed by atoms with E-state index in [4.69, 9.17) is 0 Å². The number of benzene rings is 1. The summed E-state index contributed by atoms with van der Waals surface area (Å²) in [5, 5.41) is 20.4. The first-order valence-electron chi connectivity index (χ1n) is 6.66. The zero-order chi connectivity index (χ0) is 13.9. The van der Waals surface area contributed by atoms with Gasteiger partial charge in [-0.2, -0.15) is 0 Å². The molecular weight excluding hydrogens is 224 g/mol. The second-order valence-electron chi connectivity index (χ2n) is 6.60. The van der Waals surface area contributed by atoms with Crippen molar-refractivity contribution in [3.63, 3.8) is 0 Å². The molecule has 0 saturated heterocycles. The van der Waals surface area contributed by atoms with Crippen LogP contribution in [0.4, 0.5) is 0 Å². The lowest BCUT2D eigenvalue weighted by molar-refractivity contribution is -0.0458. The van der Waals surface area contributed by atoms with Crippen LogP contribution in [0.5, 0.6) is 0 Å². The molecule has 18 heavy (non-hydrogen) atoms. The minimum absolute atomic E-state index is 0.326. The van der Waals surface area contributed by atoms with Crippen LogP contribution in [0.2, 0.25) is 0 Å². The smallest absolute Gasteiger partial charge is 0.105 e. The summed E-state index contributed by atoms with van der Waals surface area (Å²) in [6.07, 6.45) is -0.587. The van der Waals surface area contributed by atoms with Gasteiger partial charge < -0.3 is 10.2 Å². The number of hydrogen-bond donors (Lipinski definition) is 2. The van der Waals surface area contributed by atoms with Gasteiger partial charge in [0.25, 0.3) is 0 Å². The Kier molecular flexibility index (Phi) is 4.94. The average molecular weight is 250 g/mol. The van der Waals surface area contributed by atoms with E-state index in [0.717, 1.165) is 12.0 Å². The molecule has 1 rings (SSSR count). The van der Waals surface area contributed by atoms with Gasteiger partial charge in [0.05, 0.1) is 6.10 Å². The molecule has 2 atom stereocenters. The zero-order valence-corrected chi connectivity index (χ0v) is 12.1. The fourth-order valence-electron chi connectivity index (χ4n) is 2.03. The van der Waals surface area contributed by atoms with Crippen molar-refractivity contribution in [1.29, 1.82) is 0 Å². The first-order valence-corrected chi connectivity index (χ1v) is 6.66. The van der Waals surface area contributed by atoms with Crippen LogP contribution >= 0.6 is 0 Å². The quantitative estimate of drug-likeness (QED) is 0.860. The van der Waals surface area contributed by atoms with Crippen LogP contribution in [-0.2, 0) is 6.42 Å². The molecule has 2 N–H and O–H groups in total. The predicted molar refractivity (Wildman–Crippen MR) is 75.4 cm³/mol. The zero-order valence-electron chi connectivity index (χ0n) is 12.1. The Bertz CT molecular complexity index is 377. The van der Waals surface area contributed by atoms with E-state index in [1.807, 2.05) is 39.0 Å². The van der Waals surface area contributed by atoms with Crippen molar-refractivity contribution >= 4 is 0 Å². The molecule has 2 unspecified atom stereocenters. The van der Waals surface area contributed by atoms with Gasteiger partial charge in [-0.25, -0.2) is 0 Å². The molecular formula is C16H26O2. The summed E-state index contributed by atoms with van der Waals surface area (Å²) in [7, 11) is 0. The highest BCUT2D eigenvalue weighted by molar-refractivity contribution is 5.26. The van der Waals surface area contributed by atoms with Crippen LogP contribution in [0.1, 0.15) is 51.8 Å². The Morgan fingerprint density at radius 1 is 1.11 bits per heavy atom. The SMILES string of the molecule is CC(C)Cc1cccc(C(O)C(O)C(C)(C)C)c1. The van der Waals surface area contributed by atoms with E-state index in [1.54, 1.807) is 0 Å². The van der Waals surface area contributed by atoms with E-state index in [9.17, 15) is 10.2 Å². The van der Waals surface area contributed by atoms with E-state index in [0.29, 0.717) is 5.92 Å². The maximum Gasteiger partial charge on any atom is 0.105 e. The molecule has 0 aliphatic rings. The van der Waals surface area contributed by atoms with Gasteiger partial charge in [-0.05, 0) is 28.9 Å². The minimum atomic E-state index is -0.822. The Labute approximate surface area is 111 Å². The fraction of sp³-hybridized carbons (Fsp3) is 0.625. The number of rotatable bonds is 4. The van der Waals surface area contributed by atoms with Gasteiger partial charge in [0.2, 0.25) is 0 Å². The van der Waals surface area contributed by atoms with Crippen LogP contribution < -0.4 is 0 Å². The number of hydrogen-bond acceptors (Lipinski definition) is 2. The van der Waals surface area contributed by atoms with Crippen LogP contribution in [0.3, 0.4) is 0 Å². The molecule has 0 spiro atoms. The molecule has 0 amide bonds. The third-order valence-corrected chi connectivity index (χ3v) is 3.12. The predicted octanol–water partition coefficient (Wildman–Crippen LogP) is 3.33. The molecule has 2 heteroatoms. The van der Waals surface area contributed by atoms with E-state index >= 15 is 0 Å². The molecule has 102 valence electrons. The Morgan fingerprint density at radius 3 is 2.22 bits per heavy atom. The molecule has 0 aromatic heterocycles. The van der Waals surface area contributed by atoms with Gasteiger partial charge in [-0.15, -0.1) is 0 Å². The molecule has 0 aliphatic carbocycles. The van der Waals surface area contributed by atoms with E-state index in [1.165, 1.54) is 5.56 Å². The topological polar surface area (TPSA) is 40.5 Å². The molecule has 0 heterocycles. The van der Waals surface area contributed by atoms with Crippen molar-refractivity contribution < 1.29 is 10.2 Å². The standard InChI is InChI=1S/C16H26O2/c1-11(2)9-12-7-6-8-13(10-12)14(17)15(18)16(3,4)5/h6-8,10-11,14-15,17-18H,9H2,1-5H3. The normalized spacial score (nSPS) is 15.8. The van der Waals surface area contributed by atoms with Crippen molar-refractivity contribution in [2.45, 2.75) is 53.2 Å². The van der Waals surface area contributed by atoms with Crippen molar-refractivity contribution in [3.05, 3.63) is 35.4 Å². The summed E-state index contributed by atoms with van der Waals surface area (Å²) < 4.78 is 0. The van der Waals surface area contributed by atoms with Gasteiger partial charge in [0, 0.05) is 0 Å². The lowest BCUT2D eigenvalue weighted by Gasteiger charge is -2.30. The van der Waals surface area contributed by atoms with Gasteiger partial charge in [0.1, 0.15) is 6.10 Å². The van der Waals surface area contributed by atoms with Gasteiger partial charge in [-0.3, -0.25) is 0 Å². The molecule has 0 aliphatic heterocycles. The lowest BCUT2D eigenvalue weighted by Crippen LogP contribution is -2.32. The second-order valence-corrected chi connectivity index (χ2v) is 6.60. The van der Waals surface area contributed by atoms with Crippen molar-refractivity contribution in [2.75, 3.05) is 0 Å². The Balaban J connectivity index is 2.89. The minimum Gasteiger partial charge on any atom is -0.390 e. The summed E-state index contributed by atoms with van der Waals surface area (Å²) in [4.78, 5) is 0. The lowest BCUT2D eigenvalue weighted by atomic mass is 9.83. The van der Waals surface area contributed by atoms with Gasteiger partial charge in [0.15, 0.2) is 0 Å². The molecule has 1 aromatic carbocycles. The molecule has 0 fully saturated rings. The van der Waals surface area contributed by atoms with Crippen molar-refractivity contribution in [2.24, 2.45) is 11.3 Å². The number of aliphatic hydroxyl groups is 2. The molecule has 0 radical (unpaired) electrons. The molecule has 0 bridgehead atoms. The highest BCUT2D eigenvalue weighted by Crippen LogP contribution is 2.30. The highest BCUT2D eigenvalue weighted by atomic mass is 16.3. The fourth-order valence-corrected chi connectivity index (χ4v) is 2.03. The van der Waals surface area contributed by atoms with E-state index in [2.05, 4.69) is 19.9 Å². The second kappa shape index (κ2) is 5.85. The maximum atomic E-state index is 10.2. The number of aliphatic hydroxyl groups excluding tert-OH is 2. The van der Waals surface area contributed by atoms with Gasteiger partial charge in [-0.1, -0.05) is 58.9 Å². The summed E-state index contributed by atoms with van der Waals surface area (Å²) in [5.74, 6) is 0.588. The first-order chi connectivity index (χ1) is 8.21. The van der Waals surface area contributed by atoms with Crippen LogP contribution in [0.25, 0.3) is 0 Å². The highest BCUT2D eigenvalue weighted by Gasteiger charge is 2.30. The van der Waals surface area contributed by atoms with E-state index < -0.39 is 12.2 Å². The third kappa shape index (κ3) is 4.11. The summed E-state index contributed by atoms with van der Waals surface area (Å²) in [6.45, 7) is 10.1. The summed E-state index contributed by atoms with van der Waals surface area (Å²) in [5.41, 5.74) is 1.69. The summed E-state index contributed by atoms with van der Waals surface area (Å²) >= 11 is 0. The Hall–Kier alpha value is -0.860. The molecule has 0 saturated carbocycles. The first kappa shape index (κ1) is 15.2. The van der Waals surface area contributed by atoms with E-state index in [-0.39, 0.29) is 5.41 Å². The van der Waals surface area contributed by atoms with Gasteiger partial charge >= 0.3 is 0 Å². The van der Waals surface area contributed by atoms with Crippen molar-refractivity contribution in [1.82, 2.24) is 0 Å². The van der Waals surface area contributed by atoms with Crippen molar-refractivity contribution in [3.8, 4) is 0 Å². The summed E-state index contributed by atoms with van der Waals surface area (Å²) in [6, 6.07) is 7.90. The van der Waals surface area contributed by atoms with Crippen LogP contribution in [-0.4, -0.2) is 16.3 Å². The van der Waals surface area contributed by atoms with Crippen LogP contribution in [0, 0.1) is 11.3 Å².